The lowest BCUT2D eigenvalue weighted by molar-refractivity contribution is -0.122. The van der Waals surface area contributed by atoms with Crippen molar-refractivity contribution in [3.63, 3.8) is 0 Å². The van der Waals surface area contributed by atoms with Gasteiger partial charge in [0.2, 0.25) is 5.91 Å². The molecule has 0 aliphatic carbocycles. The molecule has 1 aromatic heterocycles. The van der Waals surface area contributed by atoms with E-state index in [1.807, 2.05) is 19.2 Å². The Hall–Kier alpha value is -0.430. The Kier molecular flexibility index (Phi) is 6.85. The second kappa shape index (κ2) is 7.89. The molecular weight excluding hydrogens is 314 g/mol. The van der Waals surface area contributed by atoms with Gasteiger partial charge in [0.05, 0.1) is 12.6 Å². The summed E-state index contributed by atoms with van der Waals surface area (Å²) in [6.45, 7) is 6.33. The Labute approximate surface area is 121 Å². The van der Waals surface area contributed by atoms with Crippen molar-refractivity contribution in [3.05, 3.63) is 20.8 Å². The van der Waals surface area contributed by atoms with Crippen LogP contribution in [0.1, 0.15) is 24.8 Å². The van der Waals surface area contributed by atoms with Gasteiger partial charge in [0.15, 0.2) is 0 Å². The predicted octanol–water partition coefficient (Wildman–Crippen LogP) is 1.97. The first kappa shape index (κ1) is 15.6. The summed E-state index contributed by atoms with van der Waals surface area (Å²) in [4.78, 5) is 15.0. The van der Waals surface area contributed by atoms with E-state index in [2.05, 4.69) is 32.2 Å². The Morgan fingerprint density at radius 2 is 2.33 bits per heavy atom. The zero-order valence-electron chi connectivity index (χ0n) is 10.8. The molecule has 18 heavy (non-hydrogen) atoms. The van der Waals surface area contributed by atoms with Gasteiger partial charge < -0.3 is 11.1 Å². The fourth-order valence-electron chi connectivity index (χ4n) is 1.83. The molecule has 1 amide bonds. The average molecular weight is 334 g/mol. The van der Waals surface area contributed by atoms with Gasteiger partial charge in [-0.05, 0) is 35.5 Å². The van der Waals surface area contributed by atoms with E-state index < -0.39 is 0 Å². The number of nitrogens with one attached hydrogen (secondary N) is 1. The molecule has 0 spiro atoms. The molecule has 1 heterocycles. The van der Waals surface area contributed by atoms with Crippen LogP contribution < -0.4 is 11.1 Å². The van der Waals surface area contributed by atoms with Crippen LogP contribution in [0.15, 0.2) is 15.9 Å². The smallest absolute Gasteiger partial charge is 0.234 e. The Morgan fingerprint density at radius 1 is 1.61 bits per heavy atom. The molecule has 0 bridgehead atoms. The minimum atomic E-state index is 0.0495. The molecule has 3 N–H and O–H groups in total. The van der Waals surface area contributed by atoms with Crippen LogP contribution in [-0.2, 0) is 4.79 Å². The number of thiophene rings is 1. The fraction of sp³-hybridized carbons (Fsp3) is 0.583. The third kappa shape index (κ3) is 4.35. The number of likely N-dealkylation sites (N-methyl/N-ethyl adjacent to an activating group) is 2. The Bertz CT molecular complexity index is 383. The highest BCUT2D eigenvalue weighted by atomic mass is 79.9. The second-order valence-corrected chi connectivity index (χ2v) is 5.79. The largest absolute Gasteiger partial charge is 0.355 e. The van der Waals surface area contributed by atoms with E-state index in [1.54, 1.807) is 11.3 Å². The summed E-state index contributed by atoms with van der Waals surface area (Å²) in [5.74, 6) is 0.0495. The number of amides is 1. The van der Waals surface area contributed by atoms with Gasteiger partial charge in [-0.15, -0.1) is 11.3 Å². The van der Waals surface area contributed by atoms with E-state index >= 15 is 0 Å². The molecule has 6 heteroatoms. The number of carbonyl (C=O) groups is 1. The molecule has 0 aliphatic rings. The van der Waals surface area contributed by atoms with Crippen LogP contribution in [0.4, 0.5) is 0 Å². The van der Waals surface area contributed by atoms with Crippen LogP contribution in [0.5, 0.6) is 0 Å². The summed E-state index contributed by atoms with van der Waals surface area (Å²) in [6, 6.07) is 2.18. The first-order valence-electron chi connectivity index (χ1n) is 6.07. The first-order valence-corrected chi connectivity index (χ1v) is 7.74. The molecule has 0 saturated heterocycles. The maximum absolute atomic E-state index is 11.7. The molecule has 4 nitrogen and oxygen atoms in total. The first-order chi connectivity index (χ1) is 8.62. The molecule has 0 aliphatic heterocycles. The highest BCUT2D eigenvalue weighted by Crippen LogP contribution is 2.28. The molecule has 1 aromatic rings. The van der Waals surface area contributed by atoms with Crippen LogP contribution in [0.3, 0.4) is 0 Å². The van der Waals surface area contributed by atoms with E-state index in [-0.39, 0.29) is 11.9 Å². The molecule has 0 aromatic carbocycles. The van der Waals surface area contributed by atoms with E-state index in [4.69, 9.17) is 5.73 Å². The number of nitrogens with two attached hydrogens (primary N) is 1. The van der Waals surface area contributed by atoms with Crippen molar-refractivity contribution in [2.75, 3.05) is 26.2 Å². The highest BCUT2D eigenvalue weighted by molar-refractivity contribution is 9.10. The second-order valence-electron chi connectivity index (χ2n) is 3.94. The minimum Gasteiger partial charge on any atom is -0.355 e. The van der Waals surface area contributed by atoms with Crippen LogP contribution in [0, 0.1) is 0 Å². The van der Waals surface area contributed by atoms with E-state index in [0.29, 0.717) is 19.6 Å². The third-order valence-electron chi connectivity index (χ3n) is 2.71. The van der Waals surface area contributed by atoms with Gasteiger partial charge in [-0.2, -0.15) is 0 Å². The molecule has 1 rings (SSSR count). The number of hydrogen-bond acceptors (Lipinski definition) is 4. The van der Waals surface area contributed by atoms with Crippen molar-refractivity contribution >= 4 is 33.2 Å². The molecule has 0 fully saturated rings. The summed E-state index contributed by atoms with van der Waals surface area (Å²) < 4.78 is 1.06. The van der Waals surface area contributed by atoms with Crippen molar-refractivity contribution in [1.29, 1.82) is 0 Å². The van der Waals surface area contributed by atoms with Crippen LogP contribution in [-0.4, -0.2) is 37.0 Å². The van der Waals surface area contributed by atoms with Crippen LogP contribution in [0.2, 0.25) is 0 Å². The fourth-order valence-corrected chi connectivity index (χ4v) is 3.42. The number of nitrogens with zero attached hydrogens (tertiary/aromatic N) is 1. The van der Waals surface area contributed by atoms with Crippen molar-refractivity contribution < 1.29 is 4.79 Å². The predicted molar refractivity (Wildman–Crippen MR) is 79.7 cm³/mol. The van der Waals surface area contributed by atoms with Gasteiger partial charge in [0.25, 0.3) is 0 Å². The zero-order valence-corrected chi connectivity index (χ0v) is 13.2. The van der Waals surface area contributed by atoms with Crippen molar-refractivity contribution in [2.45, 2.75) is 19.9 Å². The van der Waals surface area contributed by atoms with Crippen molar-refractivity contribution in [1.82, 2.24) is 10.2 Å². The summed E-state index contributed by atoms with van der Waals surface area (Å²) in [5.41, 5.74) is 5.86. The molecule has 0 saturated carbocycles. The lowest BCUT2D eigenvalue weighted by atomic mass is 10.2. The van der Waals surface area contributed by atoms with E-state index in [0.717, 1.165) is 11.0 Å². The topological polar surface area (TPSA) is 58.4 Å². The van der Waals surface area contributed by atoms with Gasteiger partial charge in [-0.3, -0.25) is 9.69 Å². The summed E-state index contributed by atoms with van der Waals surface area (Å²) >= 11 is 5.11. The highest BCUT2D eigenvalue weighted by Gasteiger charge is 2.21. The number of hydrogen-bond donors (Lipinski definition) is 2. The summed E-state index contributed by atoms with van der Waals surface area (Å²) in [6.07, 6.45) is 0. The van der Waals surface area contributed by atoms with Gasteiger partial charge in [-0.1, -0.05) is 6.92 Å². The maximum atomic E-state index is 11.7. The molecule has 0 radical (unpaired) electrons. The Morgan fingerprint density at radius 3 is 2.78 bits per heavy atom. The Balaban J connectivity index is 2.74. The monoisotopic (exact) mass is 333 g/mol. The minimum absolute atomic E-state index is 0.0495. The molecule has 1 atom stereocenters. The van der Waals surface area contributed by atoms with Crippen LogP contribution in [0.25, 0.3) is 0 Å². The van der Waals surface area contributed by atoms with Crippen molar-refractivity contribution in [3.8, 4) is 0 Å². The van der Waals surface area contributed by atoms with Gasteiger partial charge in [0.1, 0.15) is 0 Å². The van der Waals surface area contributed by atoms with E-state index in [9.17, 15) is 4.79 Å². The van der Waals surface area contributed by atoms with Crippen LogP contribution >= 0.6 is 27.3 Å². The SMILES string of the molecule is CCNC(=O)CN(CC)C(CN)c1cc(Br)cs1. The number of rotatable bonds is 7. The van der Waals surface area contributed by atoms with Gasteiger partial charge >= 0.3 is 0 Å². The molecule has 1 unspecified atom stereocenters. The zero-order chi connectivity index (χ0) is 13.5. The number of carbonyl (C=O) groups excluding carboxylic acids is 1. The molecule has 102 valence electrons. The lowest BCUT2D eigenvalue weighted by Crippen LogP contribution is -2.41. The standard InChI is InChI=1S/C12H20BrN3OS/c1-3-15-12(17)7-16(4-2)10(6-14)11-5-9(13)8-18-11/h5,8,10H,3-4,6-7,14H2,1-2H3,(H,15,17). The normalized spacial score (nSPS) is 12.7. The average Bonchev–Trinajstić information content (AvgIpc) is 2.75. The maximum Gasteiger partial charge on any atom is 0.234 e. The summed E-state index contributed by atoms with van der Waals surface area (Å²) in [7, 11) is 0. The van der Waals surface area contributed by atoms with Gasteiger partial charge in [-0.25, -0.2) is 0 Å². The third-order valence-corrected chi connectivity index (χ3v) is 4.50. The quantitative estimate of drug-likeness (QED) is 0.802. The summed E-state index contributed by atoms with van der Waals surface area (Å²) in [5, 5.41) is 4.86. The molecular formula is C12H20BrN3OS. The number of halogens is 1. The van der Waals surface area contributed by atoms with E-state index in [1.165, 1.54) is 4.88 Å². The lowest BCUT2D eigenvalue weighted by Gasteiger charge is -2.28. The van der Waals surface area contributed by atoms with Gasteiger partial charge in [0, 0.05) is 27.8 Å². The van der Waals surface area contributed by atoms with Crippen molar-refractivity contribution in [2.24, 2.45) is 5.73 Å².